The third-order valence-corrected chi connectivity index (χ3v) is 4.11. The van der Waals surface area contributed by atoms with Gasteiger partial charge in [0.15, 0.2) is 0 Å². The largest absolute Gasteiger partial charge is 0.306 e. The molecule has 1 atom stereocenters. The zero-order valence-electron chi connectivity index (χ0n) is 10.1. The fourth-order valence-corrected chi connectivity index (χ4v) is 2.74. The van der Waals surface area contributed by atoms with Crippen LogP contribution in [0.5, 0.6) is 0 Å². The van der Waals surface area contributed by atoms with Crippen LogP contribution in [0.15, 0.2) is 23.2 Å². The zero-order valence-corrected chi connectivity index (χ0v) is 10.1. The number of benzene rings is 1. The highest BCUT2D eigenvalue weighted by atomic mass is 15.2. The molecule has 1 aliphatic carbocycles. The lowest BCUT2D eigenvalue weighted by Crippen LogP contribution is -2.36. The quantitative estimate of drug-likeness (QED) is 0.807. The van der Waals surface area contributed by atoms with E-state index in [1.807, 2.05) is 0 Å². The number of fused-ring (bicyclic) bond motifs is 1. The van der Waals surface area contributed by atoms with Crippen LogP contribution in [-0.2, 0) is 13.1 Å². The molecule has 1 saturated carbocycles. The van der Waals surface area contributed by atoms with Crippen molar-refractivity contribution in [2.24, 2.45) is 10.7 Å². The molecule has 1 fully saturated rings. The second-order valence-corrected chi connectivity index (χ2v) is 5.15. The van der Waals surface area contributed by atoms with Gasteiger partial charge in [-0.15, -0.1) is 0 Å². The number of hydrogen-bond donors (Lipinski definition) is 1. The SMILES string of the molecule is C=NC(N)c1ccc2c(c1)CN(C1CCC1)C2. The van der Waals surface area contributed by atoms with Crippen molar-refractivity contribution in [3.05, 3.63) is 34.9 Å². The van der Waals surface area contributed by atoms with Crippen LogP contribution in [0, 0.1) is 0 Å². The lowest BCUT2D eigenvalue weighted by molar-refractivity contribution is 0.126. The van der Waals surface area contributed by atoms with E-state index in [9.17, 15) is 0 Å². The molecule has 2 aliphatic rings. The lowest BCUT2D eigenvalue weighted by Gasteiger charge is -2.34. The molecule has 0 radical (unpaired) electrons. The third kappa shape index (κ3) is 1.90. The summed E-state index contributed by atoms with van der Waals surface area (Å²) < 4.78 is 0. The molecule has 0 amide bonds. The summed E-state index contributed by atoms with van der Waals surface area (Å²) in [6.07, 6.45) is 3.86. The van der Waals surface area contributed by atoms with Crippen LogP contribution in [-0.4, -0.2) is 17.7 Å². The molecular weight excluding hydrogens is 210 g/mol. The lowest BCUT2D eigenvalue weighted by atomic mass is 9.92. The molecule has 17 heavy (non-hydrogen) atoms. The fraction of sp³-hybridized carbons (Fsp3) is 0.500. The van der Waals surface area contributed by atoms with Gasteiger partial charge in [0.05, 0.1) is 0 Å². The highest BCUT2D eigenvalue weighted by Gasteiger charge is 2.29. The topological polar surface area (TPSA) is 41.6 Å². The van der Waals surface area contributed by atoms with Crippen molar-refractivity contribution in [1.29, 1.82) is 0 Å². The Labute approximate surface area is 102 Å². The smallest absolute Gasteiger partial charge is 0.122 e. The second-order valence-electron chi connectivity index (χ2n) is 5.15. The number of nitrogens with two attached hydrogens (primary N) is 1. The van der Waals surface area contributed by atoms with E-state index in [0.29, 0.717) is 0 Å². The van der Waals surface area contributed by atoms with Crippen LogP contribution >= 0.6 is 0 Å². The molecule has 2 N–H and O–H groups in total. The van der Waals surface area contributed by atoms with Gasteiger partial charge in [0.25, 0.3) is 0 Å². The summed E-state index contributed by atoms with van der Waals surface area (Å²) in [5.41, 5.74) is 9.84. The Bertz CT molecular complexity index is 437. The van der Waals surface area contributed by atoms with E-state index in [0.717, 1.165) is 24.7 Å². The Morgan fingerprint density at radius 3 is 2.71 bits per heavy atom. The van der Waals surface area contributed by atoms with Gasteiger partial charge in [-0.1, -0.05) is 24.6 Å². The van der Waals surface area contributed by atoms with E-state index in [4.69, 9.17) is 5.73 Å². The molecule has 1 heterocycles. The Morgan fingerprint density at radius 2 is 2.06 bits per heavy atom. The average Bonchev–Trinajstić information content (AvgIpc) is 2.67. The Hall–Kier alpha value is -1.19. The van der Waals surface area contributed by atoms with Gasteiger partial charge in [-0.3, -0.25) is 9.89 Å². The first-order chi connectivity index (χ1) is 8.28. The molecule has 0 saturated heterocycles. The first kappa shape index (κ1) is 10.9. The minimum atomic E-state index is -0.280. The van der Waals surface area contributed by atoms with Gasteiger partial charge in [-0.25, -0.2) is 0 Å². The van der Waals surface area contributed by atoms with E-state index in [1.54, 1.807) is 0 Å². The zero-order chi connectivity index (χ0) is 11.8. The summed E-state index contributed by atoms with van der Waals surface area (Å²) in [4.78, 5) is 6.47. The van der Waals surface area contributed by atoms with Gasteiger partial charge in [0.1, 0.15) is 6.17 Å². The first-order valence-electron chi connectivity index (χ1n) is 6.35. The third-order valence-electron chi connectivity index (χ3n) is 4.11. The van der Waals surface area contributed by atoms with E-state index in [1.165, 1.54) is 30.4 Å². The van der Waals surface area contributed by atoms with Crippen molar-refractivity contribution in [2.45, 2.75) is 44.6 Å². The summed E-state index contributed by atoms with van der Waals surface area (Å²) in [5, 5.41) is 0. The van der Waals surface area contributed by atoms with Crippen LogP contribution < -0.4 is 5.73 Å². The fourth-order valence-electron chi connectivity index (χ4n) is 2.74. The summed E-state index contributed by atoms with van der Waals surface area (Å²) in [6, 6.07) is 7.31. The molecule has 1 unspecified atom stereocenters. The maximum atomic E-state index is 5.88. The monoisotopic (exact) mass is 229 g/mol. The molecular formula is C14H19N3. The normalized spacial score (nSPS) is 21.9. The van der Waals surface area contributed by atoms with Crippen LogP contribution in [0.3, 0.4) is 0 Å². The van der Waals surface area contributed by atoms with Gasteiger partial charge >= 0.3 is 0 Å². The maximum Gasteiger partial charge on any atom is 0.122 e. The molecule has 0 aromatic heterocycles. The molecule has 1 aromatic rings. The Balaban J connectivity index is 1.80. The number of aliphatic imine (C=N–C) groups is 1. The Morgan fingerprint density at radius 1 is 1.29 bits per heavy atom. The maximum absolute atomic E-state index is 5.88. The molecule has 3 nitrogen and oxygen atoms in total. The summed E-state index contributed by atoms with van der Waals surface area (Å²) in [6.45, 7) is 5.70. The van der Waals surface area contributed by atoms with Crippen LogP contribution in [0.4, 0.5) is 0 Å². The van der Waals surface area contributed by atoms with E-state index in [-0.39, 0.29) is 6.17 Å². The summed E-state index contributed by atoms with van der Waals surface area (Å²) >= 11 is 0. The molecule has 0 spiro atoms. The van der Waals surface area contributed by atoms with Crippen molar-refractivity contribution >= 4 is 6.72 Å². The standard InChI is InChI=1S/C14H19N3/c1-16-14(15)10-5-6-11-8-17(9-12(11)7-10)13-3-2-4-13/h5-7,13-14H,1-4,8-9,15H2. The first-order valence-corrected chi connectivity index (χ1v) is 6.35. The van der Waals surface area contributed by atoms with Gasteiger partial charge < -0.3 is 5.73 Å². The number of hydrogen-bond acceptors (Lipinski definition) is 3. The van der Waals surface area contributed by atoms with Crippen molar-refractivity contribution in [2.75, 3.05) is 0 Å². The molecule has 1 aliphatic heterocycles. The predicted molar refractivity (Wildman–Crippen MR) is 69.8 cm³/mol. The van der Waals surface area contributed by atoms with Gasteiger partial charge in [-0.05, 0) is 36.2 Å². The molecule has 1 aromatic carbocycles. The van der Waals surface area contributed by atoms with Crippen molar-refractivity contribution < 1.29 is 0 Å². The van der Waals surface area contributed by atoms with Crippen molar-refractivity contribution in [3.63, 3.8) is 0 Å². The Kier molecular flexibility index (Phi) is 2.73. The molecule has 90 valence electrons. The number of nitrogens with zero attached hydrogens (tertiary/aromatic N) is 2. The van der Waals surface area contributed by atoms with E-state index < -0.39 is 0 Å². The van der Waals surface area contributed by atoms with Crippen molar-refractivity contribution in [3.8, 4) is 0 Å². The van der Waals surface area contributed by atoms with Crippen LogP contribution in [0.25, 0.3) is 0 Å². The highest BCUT2D eigenvalue weighted by molar-refractivity contribution is 5.37. The summed E-state index contributed by atoms with van der Waals surface area (Å²) in [5.74, 6) is 0. The molecule has 3 heteroatoms. The average molecular weight is 229 g/mol. The predicted octanol–water partition coefficient (Wildman–Crippen LogP) is 2.21. The number of rotatable bonds is 3. The van der Waals surface area contributed by atoms with Gasteiger partial charge in [-0.2, -0.15) is 0 Å². The van der Waals surface area contributed by atoms with Crippen molar-refractivity contribution in [1.82, 2.24) is 4.90 Å². The molecule has 0 bridgehead atoms. The molecule has 3 rings (SSSR count). The van der Waals surface area contributed by atoms with Gasteiger partial charge in [0, 0.05) is 19.1 Å². The van der Waals surface area contributed by atoms with Gasteiger partial charge in [0.2, 0.25) is 0 Å². The van der Waals surface area contributed by atoms with Crippen LogP contribution in [0.1, 0.15) is 42.1 Å². The van der Waals surface area contributed by atoms with E-state index >= 15 is 0 Å². The van der Waals surface area contributed by atoms with E-state index in [2.05, 4.69) is 34.8 Å². The summed E-state index contributed by atoms with van der Waals surface area (Å²) in [7, 11) is 0. The second kappa shape index (κ2) is 4.24. The van der Waals surface area contributed by atoms with Crippen LogP contribution in [0.2, 0.25) is 0 Å². The minimum Gasteiger partial charge on any atom is -0.306 e. The highest BCUT2D eigenvalue weighted by Crippen LogP contribution is 2.33. The minimum absolute atomic E-state index is 0.280.